The number of pyridine rings is 2. The van der Waals surface area contributed by atoms with Gasteiger partial charge in [0.25, 0.3) is 0 Å². The lowest BCUT2D eigenvalue weighted by Gasteiger charge is -1.89. The van der Waals surface area contributed by atoms with Gasteiger partial charge in [0.1, 0.15) is 5.17 Å². The molecule has 0 saturated carbocycles. The Morgan fingerprint density at radius 3 is 2.22 bits per heavy atom. The van der Waals surface area contributed by atoms with Gasteiger partial charge < -0.3 is 5.21 Å². The van der Waals surface area contributed by atoms with Crippen molar-refractivity contribution >= 4 is 23.0 Å². The smallest absolute Gasteiger partial charge is 0.146 e. The van der Waals surface area contributed by atoms with E-state index in [1.54, 1.807) is 42.7 Å². The Kier molecular flexibility index (Phi) is 6.07. The van der Waals surface area contributed by atoms with Crippen LogP contribution in [0.1, 0.15) is 11.4 Å². The van der Waals surface area contributed by atoms with Crippen LogP contribution < -0.4 is 0 Å². The molecule has 0 radical (unpaired) electrons. The van der Waals surface area contributed by atoms with E-state index in [1.165, 1.54) is 6.21 Å². The highest BCUT2D eigenvalue weighted by Crippen LogP contribution is 1.96. The molecule has 2 aromatic rings. The Morgan fingerprint density at radius 2 is 1.83 bits per heavy atom. The summed E-state index contributed by atoms with van der Waals surface area (Å²) >= 11 is 5.32. The average Bonchev–Trinajstić information content (AvgIpc) is 2.42. The van der Waals surface area contributed by atoms with Crippen LogP contribution in [0.3, 0.4) is 0 Å². The van der Waals surface area contributed by atoms with Gasteiger partial charge in [0.2, 0.25) is 0 Å². The molecule has 2 heterocycles. The Labute approximate surface area is 109 Å². The Hall–Kier alpha value is -2.27. The number of rotatable bonds is 2. The molecule has 0 aliphatic heterocycles. The number of halogens is 1. The second kappa shape index (κ2) is 7.92. The van der Waals surface area contributed by atoms with E-state index in [1.807, 2.05) is 6.07 Å². The van der Waals surface area contributed by atoms with Gasteiger partial charge >= 0.3 is 0 Å². The zero-order valence-electron chi connectivity index (χ0n) is 9.36. The van der Waals surface area contributed by atoms with Gasteiger partial charge in [-0.3, -0.25) is 15.4 Å². The van der Waals surface area contributed by atoms with Crippen LogP contribution in [0.15, 0.2) is 53.9 Å². The lowest BCUT2D eigenvalue weighted by Crippen LogP contribution is -1.90. The highest BCUT2D eigenvalue weighted by molar-refractivity contribution is 6.68. The molecule has 0 atom stereocenters. The van der Waals surface area contributed by atoms with Crippen LogP contribution >= 0.6 is 11.6 Å². The minimum absolute atomic E-state index is 0.0180. The van der Waals surface area contributed by atoms with Crippen LogP contribution in [0, 0.1) is 5.41 Å². The number of oxime groups is 1. The Morgan fingerprint density at radius 1 is 1.17 bits per heavy atom. The van der Waals surface area contributed by atoms with Gasteiger partial charge in [-0.05, 0) is 24.3 Å². The molecule has 0 aliphatic rings. The SMILES string of the molecule is N=C(Cl)c1ccccn1.ON=Cc1ccccn1. The summed E-state index contributed by atoms with van der Waals surface area (Å²) in [7, 11) is 0. The molecule has 0 spiro atoms. The third kappa shape index (κ3) is 5.18. The molecule has 0 aromatic carbocycles. The summed E-state index contributed by atoms with van der Waals surface area (Å²) in [6.45, 7) is 0. The van der Waals surface area contributed by atoms with Crippen molar-refractivity contribution in [3.8, 4) is 0 Å². The topological polar surface area (TPSA) is 82.2 Å². The van der Waals surface area contributed by atoms with Crippen molar-refractivity contribution in [2.24, 2.45) is 5.16 Å². The quantitative estimate of drug-likeness (QED) is 0.496. The first kappa shape index (κ1) is 13.8. The molecule has 2 rings (SSSR count). The van der Waals surface area contributed by atoms with E-state index in [2.05, 4.69) is 15.1 Å². The van der Waals surface area contributed by atoms with Crippen molar-refractivity contribution in [2.75, 3.05) is 0 Å². The molecule has 0 saturated heterocycles. The summed E-state index contributed by atoms with van der Waals surface area (Å²) in [5.74, 6) is 0. The molecule has 2 N–H and O–H groups in total. The predicted octanol–water partition coefficient (Wildman–Crippen LogP) is 2.54. The first-order chi connectivity index (χ1) is 8.74. The average molecular weight is 263 g/mol. The molecule has 92 valence electrons. The van der Waals surface area contributed by atoms with Gasteiger partial charge in [0, 0.05) is 12.4 Å². The zero-order valence-corrected chi connectivity index (χ0v) is 10.1. The fourth-order valence-electron chi connectivity index (χ4n) is 1.00. The van der Waals surface area contributed by atoms with Crippen molar-refractivity contribution in [2.45, 2.75) is 0 Å². The van der Waals surface area contributed by atoms with E-state index >= 15 is 0 Å². The van der Waals surface area contributed by atoms with Gasteiger partial charge in [-0.15, -0.1) is 0 Å². The number of hydrogen-bond acceptors (Lipinski definition) is 5. The lowest BCUT2D eigenvalue weighted by atomic mass is 10.4. The molecule has 5 nitrogen and oxygen atoms in total. The summed E-state index contributed by atoms with van der Waals surface area (Å²) in [5, 5.41) is 17.8. The van der Waals surface area contributed by atoms with Crippen LogP contribution in [-0.2, 0) is 0 Å². The molecular weight excluding hydrogens is 252 g/mol. The molecule has 6 heteroatoms. The van der Waals surface area contributed by atoms with Gasteiger partial charge in [0.15, 0.2) is 0 Å². The Bertz CT molecular complexity index is 502. The largest absolute Gasteiger partial charge is 0.411 e. The van der Waals surface area contributed by atoms with Gasteiger partial charge in [-0.25, -0.2) is 0 Å². The molecule has 0 bridgehead atoms. The highest BCUT2D eigenvalue weighted by Gasteiger charge is 1.93. The maximum absolute atomic E-state index is 8.05. The zero-order chi connectivity index (χ0) is 13.2. The minimum Gasteiger partial charge on any atom is -0.411 e. The maximum atomic E-state index is 8.05. The molecule has 0 fully saturated rings. The van der Waals surface area contributed by atoms with Crippen molar-refractivity contribution < 1.29 is 5.21 Å². The van der Waals surface area contributed by atoms with E-state index in [0.717, 1.165) is 0 Å². The first-order valence-corrected chi connectivity index (χ1v) is 5.35. The molecule has 0 amide bonds. The van der Waals surface area contributed by atoms with Crippen molar-refractivity contribution in [1.82, 2.24) is 9.97 Å². The van der Waals surface area contributed by atoms with E-state index in [9.17, 15) is 0 Å². The second-order valence-electron chi connectivity index (χ2n) is 3.03. The number of nitrogens with one attached hydrogen (secondary N) is 1. The van der Waals surface area contributed by atoms with Crippen molar-refractivity contribution in [1.29, 1.82) is 5.41 Å². The van der Waals surface area contributed by atoms with Gasteiger partial charge in [-0.1, -0.05) is 28.9 Å². The number of nitrogens with zero attached hydrogens (tertiary/aromatic N) is 3. The van der Waals surface area contributed by atoms with Crippen LogP contribution in [0.25, 0.3) is 0 Å². The van der Waals surface area contributed by atoms with Gasteiger partial charge in [-0.2, -0.15) is 0 Å². The summed E-state index contributed by atoms with van der Waals surface area (Å²) in [4.78, 5) is 7.68. The number of aromatic nitrogens is 2. The predicted molar refractivity (Wildman–Crippen MR) is 70.5 cm³/mol. The number of hydrogen-bond donors (Lipinski definition) is 2. The molecular formula is C12H11ClN4O. The summed E-state index contributed by atoms with van der Waals surface area (Å²) < 4.78 is 0. The third-order valence-electron chi connectivity index (χ3n) is 1.77. The van der Waals surface area contributed by atoms with E-state index in [-0.39, 0.29) is 5.17 Å². The normalized spacial score (nSPS) is 9.61. The molecule has 2 aromatic heterocycles. The van der Waals surface area contributed by atoms with Crippen molar-refractivity contribution in [3.05, 3.63) is 60.2 Å². The van der Waals surface area contributed by atoms with E-state index in [0.29, 0.717) is 11.4 Å². The maximum Gasteiger partial charge on any atom is 0.146 e. The highest BCUT2D eigenvalue weighted by atomic mass is 35.5. The fraction of sp³-hybridized carbons (Fsp3) is 0. The Balaban J connectivity index is 0.000000180. The second-order valence-corrected chi connectivity index (χ2v) is 3.41. The summed E-state index contributed by atoms with van der Waals surface area (Å²) in [6, 6.07) is 10.6. The van der Waals surface area contributed by atoms with E-state index in [4.69, 9.17) is 22.2 Å². The molecule has 0 unspecified atom stereocenters. The van der Waals surface area contributed by atoms with Crippen LogP contribution in [0.2, 0.25) is 0 Å². The minimum atomic E-state index is -0.0180. The van der Waals surface area contributed by atoms with Crippen molar-refractivity contribution in [3.63, 3.8) is 0 Å². The molecule has 18 heavy (non-hydrogen) atoms. The first-order valence-electron chi connectivity index (χ1n) is 4.98. The summed E-state index contributed by atoms with van der Waals surface area (Å²) in [6.07, 6.45) is 4.52. The van der Waals surface area contributed by atoms with Crippen LogP contribution in [0.4, 0.5) is 0 Å². The molecule has 0 aliphatic carbocycles. The standard InChI is InChI=1S/C6H5ClN2.C6H6N2O/c7-6(8)5-3-1-2-4-9-5;9-8-5-6-3-1-2-4-7-6/h1-4,8H;1-5,9H. The van der Waals surface area contributed by atoms with Crippen LogP contribution in [-0.4, -0.2) is 26.6 Å². The van der Waals surface area contributed by atoms with Gasteiger partial charge in [0.05, 0.1) is 17.6 Å². The monoisotopic (exact) mass is 262 g/mol. The van der Waals surface area contributed by atoms with E-state index < -0.39 is 0 Å². The van der Waals surface area contributed by atoms with Crippen LogP contribution in [0.5, 0.6) is 0 Å². The summed E-state index contributed by atoms with van der Waals surface area (Å²) in [5.41, 5.74) is 1.17. The lowest BCUT2D eigenvalue weighted by molar-refractivity contribution is 0.321. The fourth-order valence-corrected chi connectivity index (χ4v) is 1.12. The third-order valence-corrected chi connectivity index (χ3v) is 1.96.